The molecule has 27 heavy (non-hydrogen) atoms. The lowest BCUT2D eigenvalue weighted by molar-refractivity contribution is -0.147. The molecule has 2 heterocycles. The molecule has 0 spiro atoms. The van der Waals surface area contributed by atoms with Gasteiger partial charge in [0, 0.05) is 35.6 Å². The molecule has 2 saturated heterocycles. The van der Waals surface area contributed by atoms with Gasteiger partial charge in [-0.3, -0.25) is 9.80 Å². The molecule has 4 rings (SSSR count). The minimum Gasteiger partial charge on any atom is -0.275 e. The van der Waals surface area contributed by atoms with Crippen LogP contribution in [0.15, 0.2) is 42.5 Å². The molecule has 1 atom stereocenters. The van der Waals surface area contributed by atoms with Crippen LogP contribution < -0.4 is 0 Å². The molecule has 3 nitrogen and oxygen atoms in total. The van der Waals surface area contributed by atoms with Crippen molar-refractivity contribution >= 4 is 29.1 Å². The van der Waals surface area contributed by atoms with Gasteiger partial charge in [-0.1, -0.05) is 60.0 Å². The van der Waals surface area contributed by atoms with Crippen molar-refractivity contribution in [3.05, 3.63) is 58.1 Å². The molecule has 2 fully saturated rings. The Kier molecular flexibility index (Phi) is 5.72. The summed E-state index contributed by atoms with van der Waals surface area (Å²) in [6.07, 6.45) is 5.08. The predicted octanol–water partition coefficient (Wildman–Crippen LogP) is 5.45. The summed E-state index contributed by atoms with van der Waals surface area (Å²) < 4.78 is 0. The van der Waals surface area contributed by atoms with Gasteiger partial charge in [-0.2, -0.15) is 0 Å². The molecule has 0 saturated carbocycles. The summed E-state index contributed by atoms with van der Waals surface area (Å²) in [6, 6.07) is 14.0. The van der Waals surface area contributed by atoms with Gasteiger partial charge in [0.1, 0.15) is 0 Å². The maximum absolute atomic E-state index is 12.9. The summed E-state index contributed by atoms with van der Waals surface area (Å²) >= 11 is 13.2. The topological polar surface area (TPSA) is 23.6 Å². The third kappa shape index (κ3) is 4.01. The molecule has 1 amide bonds. The van der Waals surface area contributed by atoms with E-state index in [0.29, 0.717) is 16.5 Å². The minimum atomic E-state index is -0.0375. The Balaban J connectivity index is 1.50. The first kappa shape index (κ1) is 18.8. The van der Waals surface area contributed by atoms with Gasteiger partial charge in [-0.05, 0) is 54.5 Å². The van der Waals surface area contributed by atoms with Crippen LogP contribution >= 0.6 is 23.2 Å². The van der Waals surface area contributed by atoms with Crippen LogP contribution in [0.3, 0.4) is 0 Å². The zero-order valence-corrected chi connectivity index (χ0v) is 16.8. The van der Waals surface area contributed by atoms with Gasteiger partial charge in [-0.25, -0.2) is 5.01 Å². The molecule has 0 bridgehead atoms. The van der Waals surface area contributed by atoms with Crippen molar-refractivity contribution in [2.45, 2.75) is 32.1 Å². The third-order valence-corrected chi connectivity index (χ3v) is 6.34. The number of halogens is 2. The highest BCUT2D eigenvalue weighted by Gasteiger charge is 2.36. The summed E-state index contributed by atoms with van der Waals surface area (Å²) in [4.78, 5) is 12.9. The second-order valence-electron chi connectivity index (χ2n) is 7.45. The molecule has 0 aromatic heterocycles. The number of benzene rings is 2. The molecule has 142 valence electrons. The molecular formula is C22H24Cl2N2O. The second-order valence-corrected chi connectivity index (χ2v) is 8.26. The van der Waals surface area contributed by atoms with Gasteiger partial charge in [0.25, 0.3) is 0 Å². The van der Waals surface area contributed by atoms with E-state index in [0.717, 1.165) is 42.7 Å². The van der Waals surface area contributed by atoms with Crippen LogP contribution in [0.25, 0.3) is 11.1 Å². The van der Waals surface area contributed by atoms with E-state index in [2.05, 4.69) is 5.01 Å². The fourth-order valence-corrected chi connectivity index (χ4v) is 4.79. The number of hydrogen-bond acceptors (Lipinski definition) is 2. The quantitative estimate of drug-likeness (QED) is 0.678. The molecular weight excluding hydrogens is 379 g/mol. The first-order valence-corrected chi connectivity index (χ1v) is 10.5. The van der Waals surface area contributed by atoms with E-state index in [4.69, 9.17) is 23.2 Å². The molecule has 0 N–H and O–H groups in total. The van der Waals surface area contributed by atoms with Crippen molar-refractivity contribution in [1.29, 1.82) is 0 Å². The number of piperidine rings is 1. The van der Waals surface area contributed by atoms with Crippen LogP contribution in [0.1, 0.15) is 31.2 Å². The smallest absolute Gasteiger partial charge is 0.240 e. The Bertz CT molecular complexity index is 795. The van der Waals surface area contributed by atoms with Gasteiger partial charge in [0.05, 0.1) is 0 Å². The van der Waals surface area contributed by atoms with Gasteiger partial charge in [0.15, 0.2) is 0 Å². The Labute approximate surface area is 170 Å². The fraction of sp³-hybridized carbons (Fsp3) is 0.409. The molecule has 0 radical (unpaired) electrons. The molecule has 2 aromatic carbocycles. The van der Waals surface area contributed by atoms with Gasteiger partial charge < -0.3 is 0 Å². The molecule has 5 heteroatoms. The zero-order chi connectivity index (χ0) is 18.8. The van der Waals surface area contributed by atoms with E-state index >= 15 is 0 Å². The summed E-state index contributed by atoms with van der Waals surface area (Å²) in [5, 5.41) is 5.48. The van der Waals surface area contributed by atoms with Crippen molar-refractivity contribution in [3.8, 4) is 11.1 Å². The molecule has 2 aromatic rings. The van der Waals surface area contributed by atoms with Crippen molar-refractivity contribution in [1.82, 2.24) is 10.0 Å². The molecule has 2 aliphatic rings. The third-order valence-electron chi connectivity index (χ3n) is 5.67. The number of carbonyl (C=O) groups is 1. The van der Waals surface area contributed by atoms with Crippen LogP contribution in [0.2, 0.25) is 10.0 Å². The van der Waals surface area contributed by atoms with Gasteiger partial charge in [-0.15, -0.1) is 0 Å². The standard InChI is InChI=1S/C22H24Cl2N2O/c23-20-14-18(16-7-3-1-4-8-16)15-21(24)19(20)13-17-9-12-26(22(17)27)25-10-5-2-6-11-25/h1,3-4,7-8,14-15,17H,2,5-6,9-13H2/t17-/m0/s1. The van der Waals surface area contributed by atoms with Crippen LogP contribution in [0.5, 0.6) is 0 Å². The predicted molar refractivity (Wildman–Crippen MR) is 111 cm³/mol. The minimum absolute atomic E-state index is 0.0375. The number of hydrogen-bond donors (Lipinski definition) is 0. The van der Waals surface area contributed by atoms with E-state index in [-0.39, 0.29) is 11.8 Å². The highest BCUT2D eigenvalue weighted by molar-refractivity contribution is 6.36. The van der Waals surface area contributed by atoms with Crippen molar-refractivity contribution in [3.63, 3.8) is 0 Å². The number of nitrogens with zero attached hydrogens (tertiary/aromatic N) is 2. The first-order chi connectivity index (χ1) is 13.1. The second kappa shape index (κ2) is 8.22. The lowest BCUT2D eigenvalue weighted by Crippen LogP contribution is -2.47. The normalized spacial score (nSPS) is 21.0. The molecule has 0 aliphatic carbocycles. The zero-order valence-electron chi connectivity index (χ0n) is 15.3. The largest absolute Gasteiger partial charge is 0.275 e. The monoisotopic (exact) mass is 402 g/mol. The number of carbonyl (C=O) groups excluding carboxylic acids is 1. The summed E-state index contributed by atoms with van der Waals surface area (Å²) in [5.41, 5.74) is 2.97. The van der Waals surface area contributed by atoms with Crippen LogP contribution in [0.4, 0.5) is 0 Å². The average Bonchev–Trinajstić information content (AvgIpc) is 3.06. The molecule has 0 unspecified atom stereocenters. The van der Waals surface area contributed by atoms with E-state index in [9.17, 15) is 4.79 Å². The fourth-order valence-electron chi connectivity index (χ4n) is 4.15. The van der Waals surface area contributed by atoms with Crippen molar-refractivity contribution in [2.75, 3.05) is 19.6 Å². The van der Waals surface area contributed by atoms with E-state index in [1.54, 1.807) is 0 Å². The Morgan fingerprint density at radius 1 is 0.889 bits per heavy atom. The number of rotatable bonds is 4. The van der Waals surface area contributed by atoms with E-state index < -0.39 is 0 Å². The highest BCUT2D eigenvalue weighted by atomic mass is 35.5. The summed E-state index contributed by atoms with van der Waals surface area (Å²) in [7, 11) is 0. The van der Waals surface area contributed by atoms with Crippen molar-refractivity contribution < 1.29 is 4.79 Å². The Morgan fingerprint density at radius 2 is 1.56 bits per heavy atom. The molecule has 2 aliphatic heterocycles. The summed E-state index contributed by atoms with van der Waals surface area (Å²) in [6.45, 7) is 2.79. The van der Waals surface area contributed by atoms with E-state index in [1.165, 1.54) is 19.3 Å². The number of amides is 1. The first-order valence-electron chi connectivity index (χ1n) is 9.73. The lowest BCUT2D eigenvalue weighted by atomic mass is 9.96. The van der Waals surface area contributed by atoms with Gasteiger partial charge in [0.2, 0.25) is 5.91 Å². The average molecular weight is 403 g/mol. The SMILES string of the molecule is O=C1[C@H](Cc2c(Cl)cc(-c3ccccc3)cc2Cl)CCN1N1CCCCC1. The van der Waals surface area contributed by atoms with Crippen LogP contribution in [0, 0.1) is 5.92 Å². The number of hydrazine groups is 1. The Morgan fingerprint density at radius 3 is 2.22 bits per heavy atom. The van der Waals surface area contributed by atoms with Gasteiger partial charge >= 0.3 is 0 Å². The van der Waals surface area contributed by atoms with Crippen LogP contribution in [-0.4, -0.2) is 35.6 Å². The maximum atomic E-state index is 12.9. The maximum Gasteiger partial charge on any atom is 0.240 e. The highest BCUT2D eigenvalue weighted by Crippen LogP contribution is 2.35. The lowest BCUT2D eigenvalue weighted by Gasteiger charge is -2.34. The Hall–Kier alpha value is -1.55. The van der Waals surface area contributed by atoms with Crippen LogP contribution in [-0.2, 0) is 11.2 Å². The van der Waals surface area contributed by atoms with Crippen molar-refractivity contribution in [2.24, 2.45) is 5.92 Å². The summed E-state index contributed by atoms with van der Waals surface area (Å²) in [5.74, 6) is 0.181. The van der Waals surface area contributed by atoms with E-state index in [1.807, 2.05) is 47.5 Å².